The van der Waals surface area contributed by atoms with Gasteiger partial charge >= 0.3 is 0 Å². The average molecular weight is 481 g/mol. The quantitative estimate of drug-likeness (QED) is 0.426. The molecular formula is C27H32N2O2S2. The molecule has 4 rings (SSSR count). The Morgan fingerprint density at radius 2 is 1.82 bits per heavy atom. The Morgan fingerprint density at radius 3 is 2.45 bits per heavy atom. The highest BCUT2D eigenvalue weighted by Crippen LogP contribution is 2.38. The number of thiophene rings is 2. The summed E-state index contributed by atoms with van der Waals surface area (Å²) in [5.41, 5.74) is 3.70. The molecule has 3 aromatic rings. The first-order valence-corrected chi connectivity index (χ1v) is 13.3. The van der Waals surface area contributed by atoms with Crippen LogP contribution in [-0.2, 0) is 16.6 Å². The van der Waals surface area contributed by atoms with Crippen molar-refractivity contribution in [1.82, 2.24) is 9.80 Å². The zero-order valence-electron chi connectivity index (χ0n) is 19.8. The normalized spacial score (nSPS) is 15.9. The molecule has 1 unspecified atom stereocenters. The number of hydrogen-bond acceptors (Lipinski definition) is 4. The molecule has 0 aliphatic carbocycles. The fourth-order valence-electron chi connectivity index (χ4n) is 4.44. The summed E-state index contributed by atoms with van der Waals surface area (Å²) in [5, 5.41) is 4.03. The van der Waals surface area contributed by atoms with Crippen molar-refractivity contribution in [3.05, 3.63) is 79.7 Å². The van der Waals surface area contributed by atoms with Gasteiger partial charge < -0.3 is 9.80 Å². The van der Waals surface area contributed by atoms with Crippen LogP contribution in [0.3, 0.4) is 0 Å². The highest BCUT2D eigenvalue weighted by molar-refractivity contribution is 7.12. The number of hydrogen-bond donors (Lipinski definition) is 0. The highest BCUT2D eigenvalue weighted by atomic mass is 32.1. The van der Waals surface area contributed by atoms with E-state index in [1.165, 1.54) is 27.3 Å². The van der Waals surface area contributed by atoms with Gasteiger partial charge in [0.1, 0.15) is 6.54 Å². The third kappa shape index (κ3) is 5.07. The molecule has 0 fully saturated rings. The third-order valence-corrected chi connectivity index (χ3v) is 8.07. The number of benzene rings is 1. The van der Waals surface area contributed by atoms with Crippen LogP contribution < -0.4 is 0 Å². The molecule has 1 aliphatic heterocycles. The summed E-state index contributed by atoms with van der Waals surface area (Å²) in [5.74, 6) is -0.0467. The molecule has 1 aliphatic rings. The second-order valence-electron chi connectivity index (χ2n) is 9.61. The first-order chi connectivity index (χ1) is 15.8. The number of carbonyl (C=O) groups excluding carboxylic acids is 2. The number of fused-ring (bicyclic) bond motifs is 1. The summed E-state index contributed by atoms with van der Waals surface area (Å²) in [7, 11) is 0. The van der Waals surface area contributed by atoms with E-state index < -0.39 is 0 Å². The zero-order chi connectivity index (χ0) is 23.6. The van der Waals surface area contributed by atoms with Crippen LogP contribution in [0.4, 0.5) is 0 Å². The zero-order valence-corrected chi connectivity index (χ0v) is 21.5. The van der Waals surface area contributed by atoms with Gasteiger partial charge in [0.25, 0.3) is 5.91 Å². The lowest BCUT2D eigenvalue weighted by atomic mass is 9.85. The lowest BCUT2D eigenvalue weighted by molar-refractivity contribution is -0.134. The molecule has 2 aromatic heterocycles. The number of amides is 2. The SMILES string of the molecule is CCCN(CC(=O)N1CCc2sccc2C1c1ccc(C(C)(C)C)cc1)C(=O)c1cccs1. The molecule has 4 nitrogen and oxygen atoms in total. The Labute approximate surface area is 204 Å². The first-order valence-electron chi connectivity index (χ1n) is 11.6. The predicted octanol–water partition coefficient (Wildman–Crippen LogP) is 6.13. The summed E-state index contributed by atoms with van der Waals surface area (Å²) in [4.78, 5) is 32.4. The van der Waals surface area contributed by atoms with Crippen LogP contribution in [0.2, 0.25) is 0 Å². The van der Waals surface area contributed by atoms with E-state index in [4.69, 9.17) is 0 Å². The minimum Gasteiger partial charge on any atom is -0.330 e. The van der Waals surface area contributed by atoms with Crippen LogP contribution in [-0.4, -0.2) is 41.2 Å². The van der Waals surface area contributed by atoms with E-state index >= 15 is 0 Å². The van der Waals surface area contributed by atoms with Gasteiger partial charge in [0, 0.05) is 18.0 Å². The monoisotopic (exact) mass is 480 g/mol. The molecule has 2 amide bonds. The van der Waals surface area contributed by atoms with Gasteiger partial charge in [-0.25, -0.2) is 0 Å². The fraction of sp³-hybridized carbons (Fsp3) is 0.407. The Hall–Kier alpha value is -2.44. The molecule has 3 heterocycles. The lowest BCUT2D eigenvalue weighted by Gasteiger charge is -2.37. The van der Waals surface area contributed by atoms with Crippen molar-refractivity contribution in [2.24, 2.45) is 0 Å². The van der Waals surface area contributed by atoms with Crippen molar-refractivity contribution in [2.45, 2.75) is 52.0 Å². The van der Waals surface area contributed by atoms with Gasteiger partial charge in [0.05, 0.1) is 10.9 Å². The van der Waals surface area contributed by atoms with E-state index in [0.717, 1.165) is 18.4 Å². The molecule has 0 bridgehead atoms. The largest absolute Gasteiger partial charge is 0.330 e. The summed E-state index contributed by atoms with van der Waals surface area (Å²) in [6.45, 7) is 10.0. The minimum absolute atomic E-state index is 0.00936. The van der Waals surface area contributed by atoms with Gasteiger partial charge in [0.15, 0.2) is 0 Å². The second-order valence-corrected chi connectivity index (χ2v) is 11.6. The maximum Gasteiger partial charge on any atom is 0.264 e. The van der Waals surface area contributed by atoms with Crippen molar-refractivity contribution in [1.29, 1.82) is 0 Å². The topological polar surface area (TPSA) is 40.6 Å². The van der Waals surface area contributed by atoms with Gasteiger partial charge in [-0.3, -0.25) is 9.59 Å². The molecule has 6 heteroatoms. The van der Waals surface area contributed by atoms with Crippen molar-refractivity contribution >= 4 is 34.5 Å². The Bertz CT molecular complexity index is 1090. The Kier molecular flexibility index (Phi) is 7.05. The smallest absolute Gasteiger partial charge is 0.264 e. The molecule has 0 saturated heterocycles. The second kappa shape index (κ2) is 9.82. The maximum atomic E-state index is 13.6. The van der Waals surface area contributed by atoms with Crippen LogP contribution in [0.25, 0.3) is 0 Å². The standard InChI is InChI=1S/C27H32N2O2S2/c1-5-14-28(26(31)23-7-6-16-32-23)18-24(30)29-15-12-22-21(13-17-33-22)25(29)19-8-10-20(11-9-19)27(2,3)4/h6-11,13,16-17,25H,5,12,14-15,18H2,1-4H3. The number of carbonyl (C=O) groups is 2. The summed E-state index contributed by atoms with van der Waals surface area (Å²) < 4.78 is 0. The van der Waals surface area contributed by atoms with Crippen LogP contribution in [0.1, 0.15) is 71.4 Å². The maximum absolute atomic E-state index is 13.6. The Morgan fingerprint density at radius 1 is 1.06 bits per heavy atom. The van der Waals surface area contributed by atoms with Crippen LogP contribution >= 0.6 is 22.7 Å². The molecule has 0 spiro atoms. The molecule has 174 valence electrons. The molecule has 33 heavy (non-hydrogen) atoms. The molecule has 0 radical (unpaired) electrons. The van der Waals surface area contributed by atoms with Gasteiger partial charge in [-0.05, 0) is 57.8 Å². The molecule has 1 aromatic carbocycles. The minimum atomic E-state index is -0.109. The van der Waals surface area contributed by atoms with Gasteiger partial charge in [-0.2, -0.15) is 0 Å². The fourth-order valence-corrected chi connectivity index (χ4v) is 6.04. The molecular weight excluding hydrogens is 448 g/mol. The first kappa shape index (κ1) is 23.7. The number of nitrogens with zero attached hydrogens (tertiary/aromatic N) is 2. The summed E-state index contributed by atoms with van der Waals surface area (Å²) in [6.07, 6.45) is 1.68. The summed E-state index contributed by atoms with van der Waals surface area (Å²) >= 11 is 3.19. The average Bonchev–Trinajstić information content (AvgIpc) is 3.49. The van der Waals surface area contributed by atoms with Gasteiger partial charge in [-0.1, -0.05) is 58.0 Å². The van der Waals surface area contributed by atoms with Crippen molar-refractivity contribution in [3.63, 3.8) is 0 Å². The van der Waals surface area contributed by atoms with E-state index in [9.17, 15) is 9.59 Å². The van der Waals surface area contributed by atoms with E-state index in [-0.39, 0.29) is 29.8 Å². The van der Waals surface area contributed by atoms with Crippen molar-refractivity contribution < 1.29 is 9.59 Å². The Balaban J connectivity index is 1.62. The summed E-state index contributed by atoms with van der Waals surface area (Å²) in [6, 6.07) is 14.5. The van der Waals surface area contributed by atoms with E-state index in [0.29, 0.717) is 18.0 Å². The molecule has 0 saturated carbocycles. The van der Waals surface area contributed by atoms with Crippen molar-refractivity contribution in [2.75, 3.05) is 19.6 Å². The molecule has 1 atom stereocenters. The third-order valence-electron chi connectivity index (χ3n) is 6.22. The van der Waals surface area contributed by atoms with Crippen LogP contribution in [0.5, 0.6) is 0 Å². The van der Waals surface area contributed by atoms with E-state index in [2.05, 4.69) is 56.5 Å². The predicted molar refractivity (Wildman–Crippen MR) is 137 cm³/mol. The van der Waals surface area contributed by atoms with Crippen molar-refractivity contribution in [3.8, 4) is 0 Å². The number of rotatable bonds is 6. The van der Waals surface area contributed by atoms with Crippen LogP contribution in [0, 0.1) is 0 Å². The van der Waals surface area contributed by atoms with E-state index in [1.54, 1.807) is 16.2 Å². The van der Waals surface area contributed by atoms with Gasteiger partial charge in [0.2, 0.25) is 5.91 Å². The molecule has 0 N–H and O–H groups in total. The highest BCUT2D eigenvalue weighted by Gasteiger charge is 2.34. The lowest BCUT2D eigenvalue weighted by Crippen LogP contribution is -2.46. The van der Waals surface area contributed by atoms with Gasteiger partial charge in [-0.15, -0.1) is 22.7 Å². The van der Waals surface area contributed by atoms with E-state index in [1.807, 2.05) is 29.3 Å². The van der Waals surface area contributed by atoms with Crippen LogP contribution in [0.15, 0.2) is 53.2 Å².